The molecule has 1 aliphatic heterocycles. The van der Waals surface area contributed by atoms with Gasteiger partial charge in [-0.1, -0.05) is 13.3 Å². The summed E-state index contributed by atoms with van der Waals surface area (Å²) in [6, 6.07) is 2.66. The molecule has 1 unspecified atom stereocenters. The zero-order valence-electron chi connectivity index (χ0n) is 16.5. The van der Waals surface area contributed by atoms with Crippen LogP contribution >= 0.6 is 11.3 Å². The molecular formula is C22H25NO4S. The number of hydrogen-bond donors (Lipinski definition) is 1. The summed E-state index contributed by atoms with van der Waals surface area (Å²) in [6.07, 6.45) is 6.52. The highest BCUT2D eigenvalue weighted by molar-refractivity contribution is 7.12. The van der Waals surface area contributed by atoms with Gasteiger partial charge < -0.3 is 14.8 Å². The molecule has 3 aliphatic rings. The van der Waals surface area contributed by atoms with Gasteiger partial charge >= 0.3 is 11.9 Å². The number of esters is 2. The fraction of sp³-hybridized carbons (Fsp3) is 0.455. The molecule has 0 bridgehead atoms. The number of thiophene rings is 1. The number of hydrogen-bond acceptors (Lipinski definition) is 6. The van der Waals surface area contributed by atoms with Crippen LogP contribution in [0.3, 0.4) is 0 Å². The summed E-state index contributed by atoms with van der Waals surface area (Å²) in [6.45, 7) is 5.85. The third-order valence-electron chi connectivity index (χ3n) is 5.36. The SMILES string of the molecule is CCCc1cc2c(s1)CNC1CCC3=CC(OC(C)=O)=C(OC(C)=O)CC3=C21. The van der Waals surface area contributed by atoms with Crippen molar-refractivity contribution in [3.05, 3.63) is 50.1 Å². The first-order chi connectivity index (χ1) is 13.5. The molecule has 1 N–H and O–H groups in total. The van der Waals surface area contributed by atoms with Crippen molar-refractivity contribution in [2.24, 2.45) is 0 Å². The lowest BCUT2D eigenvalue weighted by Gasteiger charge is -2.36. The van der Waals surface area contributed by atoms with Crippen molar-refractivity contribution in [2.75, 3.05) is 0 Å². The van der Waals surface area contributed by atoms with Gasteiger partial charge in [0.2, 0.25) is 0 Å². The summed E-state index contributed by atoms with van der Waals surface area (Å²) in [5.74, 6) is -0.0325. The smallest absolute Gasteiger partial charge is 0.308 e. The number of allylic oxidation sites excluding steroid dienone is 3. The summed E-state index contributed by atoms with van der Waals surface area (Å²) >= 11 is 1.89. The molecule has 1 aromatic heterocycles. The minimum Gasteiger partial charge on any atom is -0.427 e. The number of fused-ring (bicyclic) bond motifs is 4. The van der Waals surface area contributed by atoms with Gasteiger partial charge in [-0.05, 0) is 53.7 Å². The minimum atomic E-state index is -0.412. The summed E-state index contributed by atoms with van der Waals surface area (Å²) in [4.78, 5) is 25.9. The van der Waals surface area contributed by atoms with Crippen molar-refractivity contribution in [3.8, 4) is 0 Å². The van der Waals surface area contributed by atoms with Gasteiger partial charge in [-0.2, -0.15) is 0 Å². The molecule has 0 spiro atoms. The molecule has 1 atom stereocenters. The van der Waals surface area contributed by atoms with Gasteiger partial charge in [-0.15, -0.1) is 11.3 Å². The van der Waals surface area contributed by atoms with Crippen molar-refractivity contribution in [1.82, 2.24) is 5.32 Å². The van der Waals surface area contributed by atoms with Crippen LogP contribution in [0.4, 0.5) is 0 Å². The van der Waals surface area contributed by atoms with Gasteiger partial charge in [0.1, 0.15) is 0 Å². The normalized spacial score (nSPS) is 20.8. The van der Waals surface area contributed by atoms with Gasteiger partial charge in [0.15, 0.2) is 11.5 Å². The monoisotopic (exact) mass is 399 g/mol. The number of carbonyl (C=O) groups is 2. The van der Waals surface area contributed by atoms with E-state index in [1.54, 1.807) is 0 Å². The van der Waals surface area contributed by atoms with Crippen LogP contribution in [0.5, 0.6) is 0 Å². The number of carbonyl (C=O) groups excluding carboxylic acids is 2. The summed E-state index contributed by atoms with van der Waals surface area (Å²) < 4.78 is 10.8. The van der Waals surface area contributed by atoms with Crippen molar-refractivity contribution in [3.63, 3.8) is 0 Å². The maximum absolute atomic E-state index is 11.6. The molecule has 148 valence electrons. The Labute approximate surface area is 169 Å². The lowest BCUT2D eigenvalue weighted by Crippen LogP contribution is -2.37. The van der Waals surface area contributed by atoms with Crippen molar-refractivity contribution >= 4 is 28.8 Å². The van der Waals surface area contributed by atoms with E-state index >= 15 is 0 Å². The number of ether oxygens (including phenoxy) is 2. The van der Waals surface area contributed by atoms with Gasteiger partial charge in [-0.25, -0.2) is 0 Å². The van der Waals surface area contributed by atoms with Gasteiger partial charge in [0.25, 0.3) is 0 Å². The fourth-order valence-corrected chi connectivity index (χ4v) is 5.55. The lowest BCUT2D eigenvalue weighted by atomic mass is 9.76. The first-order valence-electron chi connectivity index (χ1n) is 9.85. The second kappa shape index (κ2) is 7.68. The zero-order chi connectivity index (χ0) is 19.8. The Morgan fingerprint density at radius 2 is 2.04 bits per heavy atom. The van der Waals surface area contributed by atoms with Gasteiger partial charge in [-0.3, -0.25) is 9.59 Å². The maximum atomic E-state index is 11.6. The Hall–Kier alpha value is -2.18. The van der Waals surface area contributed by atoms with Gasteiger partial charge in [0, 0.05) is 42.6 Å². The maximum Gasteiger partial charge on any atom is 0.308 e. The van der Waals surface area contributed by atoms with Crippen LogP contribution < -0.4 is 5.32 Å². The van der Waals surface area contributed by atoms with Crippen molar-refractivity contribution < 1.29 is 19.1 Å². The van der Waals surface area contributed by atoms with E-state index in [0.717, 1.165) is 32.2 Å². The highest BCUT2D eigenvalue weighted by atomic mass is 32.1. The van der Waals surface area contributed by atoms with Crippen LogP contribution in [0.1, 0.15) is 61.8 Å². The molecule has 5 nitrogen and oxygen atoms in total. The summed E-state index contributed by atoms with van der Waals surface area (Å²) in [7, 11) is 0. The Morgan fingerprint density at radius 3 is 2.75 bits per heavy atom. The lowest BCUT2D eigenvalue weighted by molar-refractivity contribution is -0.140. The second-order valence-corrected chi connectivity index (χ2v) is 8.71. The van der Waals surface area contributed by atoms with E-state index in [2.05, 4.69) is 18.3 Å². The molecule has 1 aromatic rings. The first-order valence-corrected chi connectivity index (χ1v) is 10.7. The summed E-state index contributed by atoms with van der Waals surface area (Å²) in [5.41, 5.74) is 5.05. The molecule has 6 heteroatoms. The molecule has 0 saturated carbocycles. The Morgan fingerprint density at radius 1 is 1.25 bits per heavy atom. The van der Waals surface area contributed by atoms with Crippen LogP contribution in [0, 0.1) is 0 Å². The van der Waals surface area contributed by atoms with Crippen molar-refractivity contribution in [1.29, 1.82) is 0 Å². The van der Waals surface area contributed by atoms with Crippen molar-refractivity contribution in [2.45, 2.75) is 65.5 Å². The van der Waals surface area contributed by atoms with Crippen LogP contribution in [-0.2, 0) is 32.0 Å². The van der Waals surface area contributed by atoms with E-state index in [-0.39, 0.29) is 0 Å². The van der Waals surface area contributed by atoms with Crippen LogP contribution in [0.15, 0.2) is 34.8 Å². The number of aryl methyl sites for hydroxylation is 1. The van der Waals surface area contributed by atoms with Crippen LogP contribution in [0.25, 0.3) is 5.57 Å². The highest BCUT2D eigenvalue weighted by Crippen LogP contribution is 2.46. The van der Waals surface area contributed by atoms with E-state index in [0.29, 0.717) is 24.0 Å². The molecule has 2 aliphatic carbocycles. The Bertz CT molecular complexity index is 934. The van der Waals surface area contributed by atoms with E-state index in [4.69, 9.17) is 9.47 Å². The molecule has 4 rings (SSSR count). The van der Waals surface area contributed by atoms with E-state index in [1.165, 1.54) is 45.9 Å². The predicted octanol–water partition coefficient (Wildman–Crippen LogP) is 4.39. The molecule has 0 fully saturated rings. The molecular weight excluding hydrogens is 374 g/mol. The van der Waals surface area contributed by atoms with E-state index < -0.39 is 11.9 Å². The first kappa shape index (κ1) is 19.2. The highest BCUT2D eigenvalue weighted by Gasteiger charge is 2.35. The fourth-order valence-electron chi connectivity index (χ4n) is 4.32. The number of nitrogens with one attached hydrogen (secondary N) is 1. The number of rotatable bonds is 4. The summed E-state index contributed by atoms with van der Waals surface area (Å²) in [5, 5.41) is 3.68. The van der Waals surface area contributed by atoms with E-state index in [1.807, 2.05) is 17.4 Å². The van der Waals surface area contributed by atoms with Crippen LogP contribution in [-0.4, -0.2) is 18.0 Å². The van der Waals surface area contributed by atoms with E-state index in [9.17, 15) is 9.59 Å². The standard InChI is InChI=1S/C22H25NO4S/c1-4-5-15-9-17-21(28-15)11-23-18-7-6-14-8-19(26-12(2)24)20(27-13(3)25)10-16(14)22(17)18/h8-9,18,23H,4-7,10-11H2,1-3H3. The molecule has 0 saturated heterocycles. The molecule has 0 amide bonds. The minimum absolute atomic E-state index is 0.317. The molecule has 0 radical (unpaired) electrons. The second-order valence-electron chi connectivity index (χ2n) is 7.49. The topological polar surface area (TPSA) is 64.6 Å². The zero-order valence-corrected chi connectivity index (χ0v) is 17.3. The van der Waals surface area contributed by atoms with Crippen LogP contribution in [0.2, 0.25) is 0 Å². The quantitative estimate of drug-likeness (QED) is 0.761. The largest absolute Gasteiger partial charge is 0.427 e. The average molecular weight is 400 g/mol. The molecule has 0 aromatic carbocycles. The Balaban J connectivity index is 1.80. The predicted molar refractivity (Wildman–Crippen MR) is 108 cm³/mol. The Kier molecular flexibility index (Phi) is 5.25. The molecule has 28 heavy (non-hydrogen) atoms. The third kappa shape index (κ3) is 3.59. The molecule has 2 heterocycles. The average Bonchev–Trinajstić information content (AvgIpc) is 3.04. The van der Waals surface area contributed by atoms with Gasteiger partial charge in [0.05, 0.1) is 0 Å². The third-order valence-corrected chi connectivity index (χ3v) is 6.55.